The molecule has 1 saturated carbocycles. The second kappa shape index (κ2) is 5.57. The maximum atomic E-state index is 12.1. The van der Waals surface area contributed by atoms with Gasteiger partial charge in [-0.15, -0.1) is 0 Å². The van der Waals surface area contributed by atoms with Gasteiger partial charge in [0.15, 0.2) is 0 Å². The molecule has 0 bridgehead atoms. The van der Waals surface area contributed by atoms with E-state index < -0.39 is 10.8 Å². The number of hydrogen-bond donors (Lipinski definition) is 2. The van der Waals surface area contributed by atoms with Gasteiger partial charge in [-0.05, 0) is 25.3 Å². The molecule has 0 saturated heterocycles. The summed E-state index contributed by atoms with van der Waals surface area (Å²) < 4.78 is 0. The molecule has 1 aliphatic carbocycles. The number of nitro benzene ring substituents is 1. The van der Waals surface area contributed by atoms with Crippen LogP contribution in [0, 0.1) is 27.4 Å². The zero-order chi connectivity index (χ0) is 14.7. The van der Waals surface area contributed by atoms with E-state index in [2.05, 4.69) is 11.4 Å². The highest BCUT2D eigenvalue weighted by atomic mass is 16.6. The van der Waals surface area contributed by atoms with Gasteiger partial charge in [0.1, 0.15) is 5.69 Å². The minimum absolute atomic E-state index is 0.0720. The van der Waals surface area contributed by atoms with Crippen molar-refractivity contribution in [1.29, 1.82) is 5.26 Å². The van der Waals surface area contributed by atoms with Gasteiger partial charge in [-0.2, -0.15) is 5.26 Å². The number of anilines is 1. The number of rotatable bonds is 3. The molecule has 1 amide bonds. The summed E-state index contributed by atoms with van der Waals surface area (Å²) in [7, 11) is 0. The summed E-state index contributed by atoms with van der Waals surface area (Å²) in [5, 5.41) is 22.5. The lowest BCUT2D eigenvalue weighted by Crippen LogP contribution is -2.37. The Morgan fingerprint density at radius 2 is 2.25 bits per heavy atom. The highest BCUT2D eigenvalue weighted by Crippen LogP contribution is 2.27. The smallest absolute Gasteiger partial charge is 0.292 e. The zero-order valence-corrected chi connectivity index (χ0v) is 10.7. The number of hydrogen-bond acceptors (Lipinski definition) is 5. The Morgan fingerprint density at radius 3 is 2.90 bits per heavy atom. The van der Waals surface area contributed by atoms with E-state index in [1.807, 2.05) is 0 Å². The van der Waals surface area contributed by atoms with Gasteiger partial charge < -0.3 is 11.1 Å². The fourth-order valence-electron chi connectivity index (χ4n) is 2.44. The van der Waals surface area contributed by atoms with Crippen molar-refractivity contribution in [3.8, 4) is 6.07 Å². The lowest BCUT2D eigenvalue weighted by Gasteiger charge is -2.16. The highest BCUT2D eigenvalue weighted by Gasteiger charge is 2.29. The monoisotopic (exact) mass is 274 g/mol. The standard InChI is InChI=1S/C13H14N4O3/c14-7-8-3-1-5-10(8)16-13(18)9-4-2-6-11(12(9)15)17(19)20/h2,4,6,8,10H,1,3,5,15H2,(H,16,18). The Kier molecular flexibility index (Phi) is 3.84. The van der Waals surface area contributed by atoms with E-state index in [1.54, 1.807) is 0 Å². The third-order valence-corrected chi connectivity index (χ3v) is 3.52. The predicted molar refractivity (Wildman–Crippen MR) is 71.7 cm³/mol. The van der Waals surface area contributed by atoms with Crippen LogP contribution in [0.2, 0.25) is 0 Å². The van der Waals surface area contributed by atoms with E-state index in [4.69, 9.17) is 11.0 Å². The molecule has 3 N–H and O–H groups in total. The molecule has 0 heterocycles. The van der Waals surface area contributed by atoms with Crippen molar-refractivity contribution in [2.24, 2.45) is 5.92 Å². The number of nitrogens with one attached hydrogen (secondary N) is 1. The minimum atomic E-state index is -0.625. The highest BCUT2D eigenvalue weighted by molar-refractivity contribution is 6.01. The molecule has 2 unspecified atom stereocenters. The molecule has 0 radical (unpaired) electrons. The molecule has 1 aromatic rings. The first kappa shape index (κ1) is 13.8. The van der Waals surface area contributed by atoms with Crippen molar-refractivity contribution in [3.05, 3.63) is 33.9 Å². The SMILES string of the molecule is N#CC1CCCC1NC(=O)c1cccc([N+](=O)[O-])c1N. The number of benzene rings is 1. The van der Waals surface area contributed by atoms with Gasteiger partial charge in [0, 0.05) is 12.1 Å². The minimum Gasteiger partial charge on any atom is -0.393 e. The average molecular weight is 274 g/mol. The maximum absolute atomic E-state index is 12.1. The number of nitrogens with zero attached hydrogens (tertiary/aromatic N) is 2. The van der Waals surface area contributed by atoms with Crippen molar-refractivity contribution in [2.45, 2.75) is 25.3 Å². The molecule has 2 rings (SSSR count). The first-order chi connectivity index (χ1) is 9.54. The van der Waals surface area contributed by atoms with Crippen LogP contribution in [0.4, 0.5) is 11.4 Å². The number of nitro groups is 1. The first-order valence-electron chi connectivity index (χ1n) is 6.28. The normalized spacial score (nSPS) is 21.1. The van der Waals surface area contributed by atoms with Crippen LogP contribution in [0.25, 0.3) is 0 Å². The fraction of sp³-hybridized carbons (Fsp3) is 0.385. The summed E-state index contributed by atoms with van der Waals surface area (Å²) in [4.78, 5) is 22.3. The molecular weight excluding hydrogens is 260 g/mol. The quantitative estimate of drug-likeness (QED) is 0.492. The van der Waals surface area contributed by atoms with Crippen molar-refractivity contribution in [2.75, 3.05) is 5.73 Å². The summed E-state index contributed by atoms with van der Waals surface area (Å²) in [6, 6.07) is 6.05. The average Bonchev–Trinajstić information content (AvgIpc) is 2.85. The van der Waals surface area contributed by atoms with Gasteiger partial charge in [-0.25, -0.2) is 0 Å². The maximum Gasteiger partial charge on any atom is 0.292 e. The van der Waals surface area contributed by atoms with E-state index in [0.717, 1.165) is 19.3 Å². The van der Waals surface area contributed by atoms with Crippen molar-refractivity contribution < 1.29 is 9.72 Å². The molecular formula is C13H14N4O3. The van der Waals surface area contributed by atoms with Crippen LogP contribution in [0.1, 0.15) is 29.6 Å². The van der Waals surface area contributed by atoms with Crippen LogP contribution in [0.3, 0.4) is 0 Å². The van der Waals surface area contributed by atoms with Gasteiger partial charge in [0.05, 0.1) is 22.5 Å². The van der Waals surface area contributed by atoms with Crippen LogP contribution in [0.15, 0.2) is 18.2 Å². The van der Waals surface area contributed by atoms with E-state index in [1.165, 1.54) is 18.2 Å². The Balaban J connectivity index is 2.20. The molecule has 2 atom stereocenters. The Hall–Kier alpha value is -2.62. The molecule has 1 aromatic carbocycles. The lowest BCUT2D eigenvalue weighted by atomic mass is 10.0. The summed E-state index contributed by atoms with van der Waals surface area (Å²) >= 11 is 0. The van der Waals surface area contributed by atoms with E-state index in [9.17, 15) is 14.9 Å². The van der Waals surface area contributed by atoms with Crippen molar-refractivity contribution in [3.63, 3.8) is 0 Å². The van der Waals surface area contributed by atoms with E-state index in [-0.39, 0.29) is 28.9 Å². The summed E-state index contributed by atoms with van der Waals surface area (Å²) in [6.45, 7) is 0. The molecule has 1 fully saturated rings. The van der Waals surface area contributed by atoms with Crippen LogP contribution in [0.5, 0.6) is 0 Å². The number of carbonyl (C=O) groups excluding carboxylic acids is 1. The zero-order valence-electron chi connectivity index (χ0n) is 10.7. The summed E-state index contributed by atoms with van der Waals surface area (Å²) in [5.74, 6) is -0.683. The van der Waals surface area contributed by atoms with Crippen LogP contribution >= 0.6 is 0 Å². The van der Waals surface area contributed by atoms with E-state index >= 15 is 0 Å². The Labute approximate surface area is 115 Å². The molecule has 1 aliphatic rings. The molecule has 20 heavy (non-hydrogen) atoms. The van der Waals surface area contributed by atoms with Gasteiger partial charge in [0.2, 0.25) is 0 Å². The molecule has 7 heteroatoms. The Bertz CT molecular complexity index is 594. The second-order valence-electron chi connectivity index (χ2n) is 4.74. The largest absolute Gasteiger partial charge is 0.393 e. The topological polar surface area (TPSA) is 122 Å². The van der Waals surface area contributed by atoms with Crippen LogP contribution < -0.4 is 11.1 Å². The van der Waals surface area contributed by atoms with Gasteiger partial charge >= 0.3 is 0 Å². The van der Waals surface area contributed by atoms with Crippen molar-refractivity contribution in [1.82, 2.24) is 5.32 Å². The number of nitrogen functional groups attached to an aromatic ring is 1. The number of para-hydroxylation sites is 1. The van der Waals surface area contributed by atoms with E-state index in [0.29, 0.717) is 0 Å². The summed E-state index contributed by atoms with van der Waals surface area (Å²) in [5.41, 5.74) is 5.29. The van der Waals surface area contributed by atoms with Crippen LogP contribution in [-0.4, -0.2) is 16.9 Å². The van der Waals surface area contributed by atoms with Crippen LogP contribution in [-0.2, 0) is 0 Å². The first-order valence-corrected chi connectivity index (χ1v) is 6.28. The number of carbonyl (C=O) groups is 1. The molecule has 0 aliphatic heterocycles. The fourth-order valence-corrected chi connectivity index (χ4v) is 2.44. The number of amides is 1. The van der Waals surface area contributed by atoms with Gasteiger partial charge in [-0.1, -0.05) is 6.07 Å². The van der Waals surface area contributed by atoms with Gasteiger partial charge in [0.25, 0.3) is 11.6 Å². The third kappa shape index (κ3) is 2.54. The molecule has 0 spiro atoms. The predicted octanol–water partition coefficient (Wildman–Crippen LogP) is 1.60. The lowest BCUT2D eigenvalue weighted by molar-refractivity contribution is -0.383. The second-order valence-corrected chi connectivity index (χ2v) is 4.74. The number of nitrogens with two attached hydrogens (primary N) is 1. The van der Waals surface area contributed by atoms with Gasteiger partial charge in [-0.3, -0.25) is 14.9 Å². The molecule has 0 aromatic heterocycles. The number of nitriles is 1. The molecule has 7 nitrogen and oxygen atoms in total. The summed E-state index contributed by atoms with van der Waals surface area (Å²) in [6.07, 6.45) is 2.37. The molecule has 104 valence electrons. The Morgan fingerprint density at radius 1 is 1.50 bits per heavy atom. The third-order valence-electron chi connectivity index (χ3n) is 3.52. The van der Waals surface area contributed by atoms with Crippen molar-refractivity contribution >= 4 is 17.3 Å².